The number of nitrogens with one attached hydrogen (secondary N) is 1. The van der Waals surface area contributed by atoms with Crippen molar-refractivity contribution in [3.8, 4) is 0 Å². The van der Waals surface area contributed by atoms with Gasteiger partial charge in [0, 0.05) is 31.2 Å². The molecule has 0 aliphatic carbocycles. The van der Waals surface area contributed by atoms with Crippen LogP contribution in [0.1, 0.15) is 38.7 Å². The molecule has 3 N–H and O–H groups in total. The van der Waals surface area contributed by atoms with E-state index >= 15 is 0 Å². The van der Waals surface area contributed by atoms with Gasteiger partial charge in [0.15, 0.2) is 0 Å². The number of sulfonamides is 1. The molecular weight excluding hydrogens is 362 g/mol. The maximum absolute atomic E-state index is 13.0. The molecule has 0 aromatic heterocycles. The van der Waals surface area contributed by atoms with E-state index in [4.69, 9.17) is 5.73 Å². The molecule has 1 unspecified atom stereocenters. The van der Waals surface area contributed by atoms with Crippen molar-refractivity contribution in [2.45, 2.75) is 50.5 Å². The first-order valence-electron chi connectivity index (χ1n) is 8.39. The molecular formula is C17H26ClN3O3S. The Morgan fingerprint density at radius 2 is 2.00 bits per heavy atom. The van der Waals surface area contributed by atoms with Gasteiger partial charge < -0.3 is 11.1 Å². The summed E-state index contributed by atoms with van der Waals surface area (Å²) in [5.41, 5.74) is 7.48. The lowest BCUT2D eigenvalue weighted by molar-refractivity contribution is -0.116. The number of amides is 1. The fourth-order valence-corrected chi connectivity index (χ4v) is 5.07. The maximum Gasteiger partial charge on any atom is 0.243 e. The van der Waals surface area contributed by atoms with Crippen molar-refractivity contribution in [1.82, 2.24) is 4.31 Å². The van der Waals surface area contributed by atoms with E-state index in [0.717, 1.165) is 17.7 Å². The third-order valence-corrected chi connectivity index (χ3v) is 6.96. The molecule has 2 heterocycles. The summed E-state index contributed by atoms with van der Waals surface area (Å²) < 4.78 is 27.6. The highest BCUT2D eigenvalue weighted by atomic mass is 35.5. The predicted molar refractivity (Wildman–Crippen MR) is 100 cm³/mol. The minimum Gasteiger partial charge on any atom is -0.327 e. The fraction of sp³-hybridized carbons (Fsp3) is 0.588. The number of benzene rings is 1. The zero-order valence-electron chi connectivity index (χ0n) is 14.6. The van der Waals surface area contributed by atoms with Crippen molar-refractivity contribution in [3.05, 3.63) is 23.8 Å². The third kappa shape index (κ3) is 4.00. The molecule has 0 bridgehead atoms. The van der Waals surface area contributed by atoms with Crippen LogP contribution in [0.2, 0.25) is 0 Å². The molecule has 3 rings (SSSR count). The van der Waals surface area contributed by atoms with Gasteiger partial charge in [0.05, 0.1) is 4.90 Å². The molecule has 2 aliphatic rings. The highest BCUT2D eigenvalue weighted by molar-refractivity contribution is 7.89. The molecule has 6 nitrogen and oxygen atoms in total. The number of fused-ring (bicyclic) bond motifs is 1. The second-order valence-electron chi connectivity index (χ2n) is 7.44. The minimum atomic E-state index is -3.55. The van der Waals surface area contributed by atoms with Gasteiger partial charge in [-0.2, -0.15) is 4.31 Å². The Balaban J connectivity index is 0.00000225. The number of nitrogens with two attached hydrogens (primary N) is 1. The summed E-state index contributed by atoms with van der Waals surface area (Å²) in [6, 6.07) is 5.00. The van der Waals surface area contributed by atoms with E-state index in [1.54, 1.807) is 18.2 Å². The molecule has 1 aromatic carbocycles. The molecule has 140 valence electrons. The Labute approximate surface area is 155 Å². The number of carbonyl (C=O) groups is 1. The van der Waals surface area contributed by atoms with Crippen LogP contribution < -0.4 is 11.1 Å². The van der Waals surface area contributed by atoms with E-state index in [9.17, 15) is 13.2 Å². The number of anilines is 1. The number of hydrogen-bond acceptors (Lipinski definition) is 4. The molecule has 0 spiro atoms. The van der Waals surface area contributed by atoms with Crippen LogP contribution in [0.4, 0.5) is 5.69 Å². The van der Waals surface area contributed by atoms with E-state index < -0.39 is 10.0 Å². The molecule has 1 fully saturated rings. The summed E-state index contributed by atoms with van der Waals surface area (Å²) >= 11 is 0. The predicted octanol–water partition coefficient (Wildman–Crippen LogP) is 2.13. The van der Waals surface area contributed by atoms with Crippen molar-refractivity contribution in [3.63, 3.8) is 0 Å². The summed E-state index contributed by atoms with van der Waals surface area (Å²) in [6.07, 6.45) is 2.56. The average molecular weight is 388 g/mol. The van der Waals surface area contributed by atoms with Crippen molar-refractivity contribution in [2.24, 2.45) is 11.1 Å². The minimum absolute atomic E-state index is 0. The molecule has 1 saturated heterocycles. The largest absolute Gasteiger partial charge is 0.327 e. The number of carbonyl (C=O) groups excluding carboxylic acids is 1. The summed E-state index contributed by atoms with van der Waals surface area (Å²) in [6.45, 7) is 4.88. The van der Waals surface area contributed by atoms with E-state index in [1.807, 2.05) is 13.8 Å². The van der Waals surface area contributed by atoms with Crippen LogP contribution in [-0.4, -0.2) is 37.8 Å². The zero-order chi connectivity index (χ0) is 17.5. The van der Waals surface area contributed by atoms with Gasteiger partial charge in [0.25, 0.3) is 0 Å². The first kappa shape index (κ1) is 20.2. The van der Waals surface area contributed by atoms with Gasteiger partial charge in [-0.1, -0.05) is 13.8 Å². The smallest absolute Gasteiger partial charge is 0.243 e. The van der Waals surface area contributed by atoms with Crippen LogP contribution in [0, 0.1) is 5.41 Å². The highest BCUT2D eigenvalue weighted by Gasteiger charge is 2.39. The van der Waals surface area contributed by atoms with Crippen LogP contribution in [0.3, 0.4) is 0 Å². The molecule has 2 aliphatic heterocycles. The van der Waals surface area contributed by atoms with Gasteiger partial charge >= 0.3 is 0 Å². The Hall–Kier alpha value is -1.15. The number of hydrogen-bond donors (Lipinski definition) is 2. The van der Waals surface area contributed by atoms with Gasteiger partial charge in [-0.25, -0.2) is 8.42 Å². The number of nitrogens with zero attached hydrogens (tertiary/aromatic N) is 1. The van der Waals surface area contributed by atoms with Crippen LogP contribution in [0.15, 0.2) is 23.1 Å². The van der Waals surface area contributed by atoms with Gasteiger partial charge in [-0.15, -0.1) is 12.4 Å². The van der Waals surface area contributed by atoms with E-state index in [-0.39, 0.29) is 29.8 Å². The second kappa shape index (κ2) is 7.23. The highest BCUT2D eigenvalue weighted by Crippen LogP contribution is 2.32. The Morgan fingerprint density at radius 1 is 1.28 bits per heavy atom. The molecule has 1 amide bonds. The Kier molecular flexibility index (Phi) is 5.83. The second-order valence-corrected chi connectivity index (χ2v) is 9.38. The van der Waals surface area contributed by atoms with E-state index in [0.29, 0.717) is 37.2 Å². The molecule has 1 atom stereocenters. The topological polar surface area (TPSA) is 92.5 Å². The lowest BCUT2D eigenvalue weighted by Gasteiger charge is -2.41. The lowest BCUT2D eigenvalue weighted by Crippen LogP contribution is -2.53. The number of piperidine rings is 1. The van der Waals surface area contributed by atoms with Crippen LogP contribution in [-0.2, 0) is 21.2 Å². The molecule has 25 heavy (non-hydrogen) atoms. The quantitative estimate of drug-likeness (QED) is 0.812. The summed E-state index contributed by atoms with van der Waals surface area (Å²) in [4.78, 5) is 11.9. The first-order chi connectivity index (χ1) is 11.2. The Morgan fingerprint density at radius 3 is 2.68 bits per heavy atom. The van der Waals surface area contributed by atoms with Crippen molar-refractivity contribution in [2.75, 3.05) is 18.4 Å². The monoisotopic (exact) mass is 387 g/mol. The van der Waals surface area contributed by atoms with E-state index in [2.05, 4.69) is 5.32 Å². The van der Waals surface area contributed by atoms with Gasteiger partial charge in [0.2, 0.25) is 15.9 Å². The molecule has 0 radical (unpaired) electrons. The maximum atomic E-state index is 13.0. The Bertz CT molecular complexity index is 764. The number of halogens is 1. The molecule has 0 saturated carbocycles. The zero-order valence-corrected chi connectivity index (χ0v) is 16.3. The average Bonchev–Trinajstić information content (AvgIpc) is 2.69. The van der Waals surface area contributed by atoms with E-state index in [1.165, 1.54) is 4.31 Å². The standard InChI is InChI=1S/C17H25N3O3S.ClH/c1-17(2)11-20(9-8-15(17)18)24(22,23)13-6-7-14-12(10-13)4-3-5-16(21)19-14;/h6-7,10,15H,3-5,8-9,11,18H2,1-2H3,(H,19,21);1H. The SMILES string of the molecule is CC1(C)CN(S(=O)(=O)c2ccc3c(c2)CCCC(=O)N3)CCC1N.Cl. The lowest BCUT2D eigenvalue weighted by atomic mass is 9.81. The summed E-state index contributed by atoms with van der Waals surface area (Å²) in [5, 5.41) is 2.84. The first-order valence-corrected chi connectivity index (χ1v) is 9.83. The van der Waals surface area contributed by atoms with Crippen molar-refractivity contribution >= 4 is 34.0 Å². The summed E-state index contributed by atoms with van der Waals surface area (Å²) in [7, 11) is -3.55. The van der Waals surface area contributed by atoms with Gasteiger partial charge in [-0.3, -0.25) is 4.79 Å². The van der Waals surface area contributed by atoms with Crippen LogP contribution in [0.5, 0.6) is 0 Å². The van der Waals surface area contributed by atoms with Gasteiger partial charge in [0.1, 0.15) is 0 Å². The van der Waals surface area contributed by atoms with Crippen molar-refractivity contribution < 1.29 is 13.2 Å². The van der Waals surface area contributed by atoms with Crippen LogP contribution in [0.25, 0.3) is 0 Å². The van der Waals surface area contributed by atoms with Crippen molar-refractivity contribution in [1.29, 1.82) is 0 Å². The van der Waals surface area contributed by atoms with Crippen LogP contribution >= 0.6 is 12.4 Å². The molecule has 8 heteroatoms. The molecule has 1 aromatic rings. The van der Waals surface area contributed by atoms with Gasteiger partial charge in [-0.05, 0) is 48.4 Å². The number of aryl methyl sites for hydroxylation is 1. The normalized spacial score (nSPS) is 23.8. The fourth-order valence-electron chi connectivity index (χ4n) is 3.39. The number of rotatable bonds is 2. The summed E-state index contributed by atoms with van der Waals surface area (Å²) in [5.74, 6) is -0.0175. The third-order valence-electron chi connectivity index (χ3n) is 5.12.